The van der Waals surface area contributed by atoms with Gasteiger partial charge in [-0.15, -0.1) is 0 Å². The molecule has 0 spiro atoms. The van der Waals surface area contributed by atoms with Crippen molar-refractivity contribution in [2.24, 2.45) is 5.92 Å². The lowest BCUT2D eigenvalue weighted by Gasteiger charge is -2.19. The fraction of sp³-hybridized carbons (Fsp3) is 0.500. The van der Waals surface area contributed by atoms with E-state index >= 15 is 0 Å². The predicted molar refractivity (Wildman–Crippen MR) is 101 cm³/mol. The minimum absolute atomic E-state index is 0.336. The highest BCUT2D eigenvalue weighted by molar-refractivity contribution is 6.38. The summed E-state index contributed by atoms with van der Waals surface area (Å²) in [6, 6.07) is 3.95. The van der Waals surface area contributed by atoms with Crippen LogP contribution in [-0.2, 0) is 16.0 Å². The molecule has 1 atom stereocenters. The second kappa shape index (κ2) is 9.27. The van der Waals surface area contributed by atoms with Crippen LogP contribution in [0.3, 0.4) is 0 Å². The minimum atomic E-state index is -0.666. The Labute approximate surface area is 154 Å². The topological polar surface area (TPSA) is 76.7 Å². The standard InChI is InChI=1S/C20H28N2O4/c1-5-7-8-13(6-2)11-14-9-10-15(18(26-4)17(14)25-3)12-16-21-19(23)20(24)22-16/h9-10,12-13H,5-8,11H2,1-4H3,(H,21,23)(H,22,24). The molecule has 6 nitrogen and oxygen atoms in total. The predicted octanol–water partition coefficient (Wildman–Crippen LogP) is 3.01. The van der Waals surface area contributed by atoms with Crippen LogP contribution >= 0.6 is 0 Å². The van der Waals surface area contributed by atoms with E-state index in [0.717, 1.165) is 24.0 Å². The molecule has 0 radical (unpaired) electrons. The molecule has 1 aromatic carbocycles. The summed E-state index contributed by atoms with van der Waals surface area (Å²) in [5.41, 5.74) is 1.83. The second-order valence-electron chi connectivity index (χ2n) is 6.47. The Balaban J connectivity index is 2.32. The number of unbranched alkanes of at least 4 members (excludes halogenated alkanes) is 1. The number of rotatable bonds is 9. The van der Waals surface area contributed by atoms with Crippen LogP contribution in [0, 0.1) is 5.92 Å². The van der Waals surface area contributed by atoms with E-state index in [9.17, 15) is 9.59 Å². The van der Waals surface area contributed by atoms with Crippen LogP contribution < -0.4 is 20.1 Å². The monoisotopic (exact) mass is 360 g/mol. The number of hydrogen-bond donors (Lipinski definition) is 2. The summed E-state index contributed by atoms with van der Waals surface area (Å²) in [4.78, 5) is 22.7. The number of amides is 2. The molecule has 142 valence electrons. The van der Waals surface area contributed by atoms with Gasteiger partial charge in [-0.05, 0) is 24.0 Å². The van der Waals surface area contributed by atoms with E-state index in [1.54, 1.807) is 20.3 Å². The molecule has 2 rings (SSSR count). The van der Waals surface area contributed by atoms with Gasteiger partial charge < -0.3 is 20.1 Å². The molecule has 0 saturated carbocycles. The highest BCUT2D eigenvalue weighted by Gasteiger charge is 2.25. The lowest BCUT2D eigenvalue weighted by Crippen LogP contribution is -2.19. The normalized spacial score (nSPS) is 14.7. The lowest BCUT2D eigenvalue weighted by atomic mass is 9.91. The van der Waals surface area contributed by atoms with Gasteiger partial charge in [-0.3, -0.25) is 9.59 Å². The van der Waals surface area contributed by atoms with Crippen molar-refractivity contribution >= 4 is 17.9 Å². The number of ether oxygens (including phenoxy) is 2. The van der Waals surface area contributed by atoms with Crippen LogP contribution in [0.25, 0.3) is 6.08 Å². The summed E-state index contributed by atoms with van der Waals surface area (Å²) in [5, 5.41) is 4.97. The zero-order chi connectivity index (χ0) is 19.1. The largest absolute Gasteiger partial charge is 0.493 e. The molecule has 1 fully saturated rings. The third kappa shape index (κ3) is 4.56. The smallest absolute Gasteiger partial charge is 0.315 e. The van der Waals surface area contributed by atoms with Gasteiger partial charge in [-0.2, -0.15) is 0 Å². The summed E-state index contributed by atoms with van der Waals surface area (Å²) in [7, 11) is 3.22. The lowest BCUT2D eigenvalue weighted by molar-refractivity contribution is -0.135. The molecular formula is C20H28N2O4. The van der Waals surface area contributed by atoms with Gasteiger partial charge in [0.15, 0.2) is 11.5 Å². The van der Waals surface area contributed by atoms with Crippen molar-refractivity contribution < 1.29 is 19.1 Å². The van der Waals surface area contributed by atoms with Gasteiger partial charge >= 0.3 is 11.8 Å². The quantitative estimate of drug-likeness (QED) is 0.664. The molecule has 1 aliphatic rings. The molecule has 0 aromatic heterocycles. The number of carbonyl (C=O) groups excluding carboxylic acids is 2. The molecule has 1 aliphatic heterocycles. The van der Waals surface area contributed by atoms with E-state index in [2.05, 4.69) is 24.5 Å². The molecule has 2 amide bonds. The summed E-state index contributed by atoms with van der Waals surface area (Å²) in [5.74, 6) is 0.903. The minimum Gasteiger partial charge on any atom is -0.493 e. The van der Waals surface area contributed by atoms with Gasteiger partial charge in [0, 0.05) is 5.56 Å². The van der Waals surface area contributed by atoms with Gasteiger partial charge in [0.2, 0.25) is 0 Å². The Bertz CT molecular complexity index is 679. The van der Waals surface area contributed by atoms with E-state index < -0.39 is 11.8 Å². The van der Waals surface area contributed by atoms with Gasteiger partial charge in [-0.25, -0.2) is 0 Å². The van der Waals surface area contributed by atoms with Gasteiger partial charge in [0.05, 0.1) is 14.2 Å². The van der Waals surface area contributed by atoms with Crippen molar-refractivity contribution in [2.75, 3.05) is 14.2 Å². The van der Waals surface area contributed by atoms with Crippen molar-refractivity contribution in [1.29, 1.82) is 0 Å². The first-order chi connectivity index (χ1) is 12.5. The summed E-state index contributed by atoms with van der Waals surface area (Å²) in [6.45, 7) is 4.42. The van der Waals surface area contributed by atoms with Crippen LogP contribution in [0.15, 0.2) is 18.0 Å². The van der Waals surface area contributed by atoms with Crippen molar-refractivity contribution in [3.8, 4) is 11.5 Å². The Kier molecular flexibility index (Phi) is 7.06. The third-order valence-corrected chi connectivity index (χ3v) is 4.69. The highest BCUT2D eigenvalue weighted by atomic mass is 16.5. The molecular weight excluding hydrogens is 332 g/mol. The highest BCUT2D eigenvalue weighted by Crippen LogP contribution is 2.37. The molecule has 6 heteroatoms. The number of benzene rings is 1. The van der Waals surface area contributed by atoms with Crippen LogP contribution in [0.1, 0.15) is 50.7 Å². The number of carbonyl (C=O) groups is 2. The zero-order valence-corrected chi connectivity index (χ0v) is 16.0. The Morgan fingerprint density at radius 3 is 2.23 bits per heavy atom. The maximum atomic E-state index is 11.3. The van der Waals surface area contributed by atoms with Crippen molar-refractivity contribution in [2.45, 2.75) is 46.0 Å². The maximum absolute atomic E-state index is 11.3. The van der Waals surface area contributed by atoms with Crippen molar-refractivity contribution in [1.82, 2.24) is 10.6 Å². The molecule has 1 heterocycles. The van der Waals surface area contributed by atoms with E-state index in [4.69, 9.17) is 9.47 Å². The average molecular weight is 360 g/mol. The van der Waals surface area contributed by atoms with Crippen LogP contribution in [0.2, 0.25) is 0 Å². The third-order valence-electron chi connectivity index (χ3n) is 4.69. The molecule has 0 aliphatic carbocycles. The number of methoxy groups -OCH3 is 2. The first-order valence-corrected chi connectivity index (χ1v) is 9.11. The van der Waals surface area contributed by atoms with E-state index in [-0.39, 0.29) is 0 Å². The Morgan fingerprint density at radius 1 is 1.04 bits per heavy atom. The summed E-state index contributed by atoms with van der Waals surface area (Å²) < 4.78 is 11.2. The fourth-order valence-electron chi connectivity index (χ4n) is 3.20. The molecule has 0 bridgehead atoms. The van der Waals surface area contributed by atoms with Crippen LogP contribution in [0.5, 0.6) is 11.5 Å². The van der Waals surface area contributed by atoms with Crippen molar-refractivity contribution in [3.63, 3.8) is 0 Å². The first kappa shape index (κ1) is 19.8. The Morgan fingerprint density at radius 2 is 1.69 bits per heavy atom. The summed E-state index contributed by atoms with van der Waals surface area (Å²) in [6.07, 6.45) is 7.34. The van der Waals surface area contributed by atoms with E-state index in [1.807, 2.05) is 12.1 Å². The van der Waals surface area contributed by atoms with Gasteiger partial charge in [0.1, 0.15) is 5.82 Å². The van der Waals surface area contributed by atoms with Crippen LogP contribution in [-0.4, -0.2) is 26.0 Å². The number of nitrogens with one attached hydrogen (secondary N) is 2. The molecule has 1 aromatic rings. The molecule has 1 unspecified atom stereocenters. The van der Waals surface area contributed by atoms with Gasteiger partial charge in [-0.1, -0.05) is 51.7 Å². The van der Waals surface area contributed by atoms with E-state index in [1.165, 1.54) is 19.3 Å². The van der Waals surface area contributed by atoms with Crippen molar-refractivity contribution in [3.05, 3.63) is 29.1 Å². The SMILES string of the molecule is CCCCC(CC)Cc1ccc(C=C2NC(=O)C(=O)N2)c(OC)c1OC. The molecule has 26 heavy (non-hydrogen) atoms. The second-order valence-corrected chi connectivity index (χ2v) is 6.47. The fourth-order valence-corrected chi connectivity index (χ4v) is 3.20. The Hall–Kier alpha value is -2.50. The summed E-state index contributed by atoms with van der Waals surface area (Å²) >= 11 is 0. The maximum Gasteiger partial charge on any atom is 0.315 e. The van der Waals surface area contributed by atoms with E-state index in [0.29, 0.717) is 23.2 Å². The molecule has 2 N–H and O–H groups in total. The number of hydrogen-bond acceptors (Lipinski definition) is 4. The van der Waals surface area contributed by atoms with Crippen LogP contribution in [0.4, 0.5) is 0 Å². The zero-order valence-electron chi connectivity index (χ0n) is 16.0. The average Bonchev–Trinajstić information content (AvgIpc) is 2.96. The van der Waals surface area contributed by atoms with Gasteiger partial charge in [0.25, 0.3) is 0 Å². The molecule has 1 saturated heterocycles. The first-order valence-electron chi connectivity index (χ1n) is 9.11.